The molecule has 2 unspecified atom stereocenters. The second-order valence-corrected chi connectivity index (χ2v) is 5.44. The molecule has 0 aliphatic carbocycles. The molecule has 0 saturated heterocycles. The van der Waals surface area contributed by atoms with Crippen molar-refractivity contribution in [3.8, 4) is 0 Å². The first-order chi connectivity index (χ1) is 7.90. The maximum absolute atomic E-state index is 12.9. The van der Waals surface area contributed by atoms with Gasteiger partial charge in [0.2, 0.25) is 0 Å². The number of hydrogen-bond donors (Lipinski definition) is 1. The molecule has 1 amide bonds. The van der Waals surface area contributed by atoms with Crippen molar-refractivity contribution >= 4 is 28.3 Å². The van der Waals surface area contributed by atoms with Crippen LogP contribution in [0, 0.1) is 5.82 Å². The zero-order chi connectivity index (χ0) is 13.0. The van der Waals surface area contributed by atoms with Gasteiger partial charge in [-0.25, -0.2) is 9.37 Å². The number of rotatable bonds is 4. The lowest BCUT2D eigenvalue weighted by Gasteiger charge is -2.12. The Labute approximate surface area is 106 Å². The van der Waals surface area contributed by atoms with Crippen LogP contribution in [-0.2, 0) is 10.8 Å². The molecule has 1 aromatic heterocycles. The molecular formula is C10H12ClFN2O2S. The van der Waals surface area contributed by atoms with Crippen LogP contribution in [0.4, 0.5) is 4.39 Å². The Morgan fingerprint density at radius 2 is 2.35 bits per heavy atom. The minimum atomic E-state index is -1.02. The lowest BCUT2D eigenvalue weighted by molar-refractivity contribution is 0.0943. The van der Waals surface area contributed by atoms with Crippen LogP contribution in [0.2, 0.25) is 5.15 Å². The number of carbonyl (C=O) groups excluding carboxylic acids is 1. The van der Waals surface area contributed by atoms with Crippen LogP contribution in [0.25, 0.3) is 0 Å². The number of hydrogen-bond acceptors (Lipinski definition) is 3. The molecule has 0 bridgehead atoms. The lowest BCUT2D eigenvalue weighted by Crippen LogP contribution is -2.36. The quantitative estimate of drug-likeness (QED) is 0.847. The summed E-state index contributed by atoms with van der Waals surface area (Å²) < 4.78 is 23.9. The molecule has 17 heavy (non-hydrogen) atoms. The van der Waals surface area contributed by atoms with Gasteiger partial charge in [-0.1, -0.05) is 11.6 Å². The molecule has 1 heterocycles. The Bertz CT molecular complexity index is 456. The molecule has 7 heteroatoms. The molecule has 0 radical (unpaired) electrons. The summed E-state index contributed by atoms with van der Waals surface area (Å²) in [4.78, 5) is 15.2. The Morgan fingerprint density at radius 3 is 2.94 bits per heavy atom. The largest absolute Gasteiger partial charge is 0.349 e. The van der Waals surface area contributed by atoms with Gasteiger partial charge in [0.15, 0.2) is 0 Å². The summed E-state index contributed by atoms with van der Waals surface area (Å²) in [6.07, 6.45) is 2.48. The summed E-state index contributed by atoms with van der Waals surface area (Å²) in [6.45, 7) is 1.71. The van der Waals surface area contributed by atoms with Crippen molar-refractivity contribution in [2.45, 2.75) is 13.0 Å². The minimum absolute atomic E-state index is 0.0274. The van der Waals surface area contributed by atoms with Crippen LogP contribution < -0.4 is 5.32 Å². The second-order valence-electron chi connectivity index (χ2n) is 3.61. The zero-order valence-electron chi connectivity index (χ0n) is 9.37. The molecule has 0 aliphatic rings. The molecule has 0 aromatic carbocycles. The highest BCUT2D eigenvalue weighted by Gasteiger charge is 2.15. The molecule has 0 aliphatic heterocycles. The number of nitrogens with one attached hydrogen (secondary N) is 1. The number of pyridine rings is 1. The van der Waals surface area contributed by atoms with Crippen molar-refractivity contribution in [1.82, 2.24) is 10.3 Å². The number of aromatic nitrogens is 1. The average Bonchev–Trinajstić information content (AvgIpc) is 2.20. The van der Waals surface area contributed by atoms with Crippen molar-refractivity contribution in [3.05, 3.63) is 28.8 Å². The predicted octanol–water partition coefficient (Wildman–Crippen LogP) is 1.37. The molecule has 0 fully saturated rings. The SMILES string of the molecule is CC(CS(C)=O)NC(=O)c1cc(F)cnc1Cl. The summed E-state index contributed by atoms with van der Waals surface area (Å²) in [7, 11) is -1.02. The zero-order valence-corrected chi connectivity index (χ0v) is 10.9. The van der Waals surface area contributed by atoms with Gasteiger partial charge in [-0.3, -0.25) is 9.00 Å². The van der Waals surface area contributed by atoms with E-state index in [9.17, 15) is 13.4 Å². The number of halogens is 2. The van der Waals surface area contributed by atoms with Crippen molar-refractivity contribution < 1.29 is 13.4 Å². The fourth-order valence-corrected chi connectivity index (χ4v) is 2.25. The number of nitrogens with zero attached hydrogens (tertiary/aromatic N) is 1. The van der Waals surface area contributed by atoms with E-state index < -0.39 is 22.5 Å². The van der Waals surface area contributed by atoms with Crippen LogP contribution in [0.3, 0.4) is 0 Å². The van der Waals surface area contributed by atoms with Crippen LogP contribution in [0.1, 0.15) is 17.3 Å². The minimum Gasteiger partial charge on any atom is -0.349 e. The summed E-state index contributed by atoms with van der Waals surface area (Å²) in [5.74, 6) is -0.835. The number of amides is 1. The van der Waals surface area contributed by atoms with Gasteiger partial charge < -0.3 is 5.32 Å². The van der Waals surface area contributed by atoms with E-state index in [2.05, 4.69) is 10.3 Å². The Kier molecular flexibility index (Phi) is 5.02. The van der Waals surface area contributed by atoms with E-state index in [1.54, 1.807) is 13.2 Å². The van der Waals surface area contributed by atoms with E-state index in [0.717, 1.165) is 12.3 Å². The normalized spacial score (nSPS) is 14.1. The average molecular weight is 279 g/mol. The monoisotopic (exact) mass is 278 g/mol. The van der Waals surface area contributed by atoms with Crippen molar-refractivity contribution in [1.29, 1.82) is 0 Å². The van der Waals surface area contributed by atoms with Crippen molar-refractivity contribution in [2.24, 2.45) is 0 Å². The highest BCUT2D eigenvalue weighted by Crippen LogP contribution is 2.13. The van der Waals surface area contributed by atoms with Crippen LogP contribution >= 0.6 is 11.6 Å². The molecule has 2 atom stereocenters. The molecule has 1 aromatic rings. The van der Waals surface area contributed by atoms with Gasteiger partial charge >= 0.3 is 0 Å². The summed E-state index contributed by atoms with van der Waals surface area (Å²) in [5, 5.41) is 2.51. The molecule has 0 saturated carbocycles. The Morgan fingerprint density at radius 1 is 1.71 bits per heavy atom. The summed E-state index contributed by atoms with van der Waals surface area (Å²) in [6, 6.07) is 0.730. The molecule has 4 nitrogen and oxygen atoms in total. The van der Waals surface area contributed by atoms with Crippen molar-refractivity contribution in [2.75, 3.05) is 12.0 Å². The van der Waals surface area contributed by atoms with Crippen LogP contribution in [0.15, 0.2) is 12.3 Å². The first-order valence-corrected chi connectivity index (χ1v) is 6.92. The van der Waals surface area contributed by atoms with Gasteiger partial charge in [0.05, 0.1) is 11.8 Å². The fraction of sp³-hybridized carbons (Fsp3) is 0.400. The number of carbonyl (C=O) groups is 1. The lowest BCUT2D eigenvalue weighted by atomic mass is 10.2. The molecule has 94 valence electrons. The van der Waals surface area contributed by atoms with Gasteiger partial charge in [-0.15, -0.1) is 0 Å². The maximum Gasteiger partial charge on any atom is 0.254 e. The third-order valence-corrected chi connectivity index (χ3v) is 3.18. The van der Waals surface area contributed by atoms with Gasteiger partial charge in [0, 0.05) is 28.9 Å². The maximum atomic E-state index is 12.9. The van der Waals surface area contributed by atoms with E-state index in [-0.39, 0.29) is 16.8 Å². The van der Waals surface area contributed by atoms with E-state index in [1.807, 2.05) is 0 Å². The van der Waals surface area contributed by atoms with Crippen molar-refractivity contribution in [3.63, 3.8) is 0 Å². The Balaban J connectivity index is 2.76. The molecule has 1 N–H and O–H groups in total. The standard InChI is InChI=1S/C10H12ClFN2O2S/c1-6(5-17(2)16)14-10(15)8-3-7(12)4-13-9(8)11/h3-4,6H,5H2,1-2H3,(H,14,15). The van der Waals surface area contributed by atoms with E-state index in [4.69, 9.17) is 11.6 Å². The molecule has 0 spiro atoms. The van der Waals surface area contributed by atoms with Gasteiger partial charge in [0.1, 0.15) is 11.0 Å². The van der Waals surface area contributed by atoms with Gasteiger partial charge in [-0.05, 0) is 13.0 Å². The topological polar surface area (TPSA) is 59.1 Å². The van der Waals surface area contributed by atoms with E-state index in [1.165, 1.54) is 0 Å². The first kappa shape index (κ1) is 14.1. The van der Waals surface area contributed by atoms with Crippen LogP contribution in [0.5, 0.6) is 0 Å². The highest BCUT2D eigenvalue weighted by molar-refractivity contribution is 7.84. The van der Waals surface area contributed by atoms with Crippen LogP contribution in [-0.4, -0.2) is 33.2 Å². The second kappa shape index (κ2) is 6.07. The highest BCUT2D eigenvalue weighted by atomic mass is 35.5. The fourth-order valence-electron chi connectivity index (χ4n) is 1.28. The van der Waals surface area contributed by atoms with E-state index in [0.29, 0.717) is 5.75 Å². The van der Waals surface area contributed by atoms with Gasteiger partial charge in [-0.2, -0.15) is 0 Å². The Hall–Kier alpha value is -1.01. The smallest absolute Gasteiger partial charge is 0.254 e. The van der Waals surface area contributed by atoms with E-state index >= 15 is 0 Å². The third kappa shape index (κ3) is 4.40. The summed E-state index contributed by atoms with van der Waals surface area (Å²) >= 11 is 5.68. The molecule has 1 rings (SSSR count). The van der Waals surface area contributed by atoms with Gasteiger partial charge in [0.25, 0.3) is 5.91 Å². The third-order valence-electron chi connectivity index (χ3n) is 1.91. The first-order valence-electron chi connectivity index (χ1n) is 4.82. The summed E-state index contributed by atoms with van der Waals surface area (Å²) in [5.41, 5.74) is -0.0274. The predicted molar refractivity (Wildman–Crippen MR) is 65.1 cm³/mol. The molecular weight excluding hydrogens is 267 g/mol.